The van der Waals surface area contributed by atoms with Crippen molar-refractivity contribution < 1.29 is 19.4 Å². The SMILES string of the molecule is COC1=C(COc2ccc(NC(C)=O)cc2)C=C(C2Nc3ccccc3C(O)N2)CC1. The van der Waals surface area contributed by atoms with Crippen LogP contribution in [0.4, 0.5) is 11.4 Å². The van der Waals surface area contributed by atoms with Crippen LogP contribution in [-0.4, -0.2) is 30.9 Å². The van der Waals surface area contributed by atoms with Crippen LogP contribution in [0.25, 0.3) is 0 Å². The van der Waals surface area contributed by atoms with Crippen LogP contribution in [0.3, 0.4) is 0 Å². The second-order valence-corrected chi connectivity index (χ2v) is 7.60. The van der Waals surface area contributed by atoms with Gasteiger partial charge in [-0.3, -0.25) is 10.1 Å². The van der Waals surface area contributed by atoms with Crippen LogP contribution in [0, 0.1) is 0 Å². The molecule has 4 rings (SSSR count). The number of carbonyl (C=O) groups excluding carboxylic acids is 1. The van der Waals surface area contributed by atoms with Crippen molar-refractivity contribution >= 4 is 17.3 Å². The summed E-state index contributed by atoms with van der Waals surface area (Å²) in [6, 6.07) is 15.0. The van der Waals surface area contributed by atoms with Gasteiger partial charge in [0.2, 0.25) is 5.91 Å². The quantitative estimate of drug-likeness (QED) is 0.569. The van der Waals surface area contributed by atoms with E-state index < -0.39 is 6.23 Å². The second kappa shape index (κ2) is 9.24. The molecule has 0 saturated carbocycles. The minimum Gasteiger partial charge on any atom is -0.501 e. The Morgan fingerprint density at radius 3 is 2.68 bits per heavy atom. The maximum atomic E-state index is 11.2. The second-order valence-electron chi connectivity index (χ2n) is 7.60. The first-order chi connectivity index (χ1) is 15.0. The van der Waals surface area contributed by atoms with Gasteiger partial charge < -0.3 is 25.2 Å². The Bertz CT molecular complexity index is 1010. The number of ether oxygens (including phenoxy) is 2. The molecule has 0 saturated heterocycles. The average molecular weight is 421 g/mol. The van der Waals surface area contributed by atoms with Gasteiger partial charge in [0.25, 0.3) is 0 Å². The Labute approximate surface area is 181 Å². The minimum atomic E-state index is -0.724. The van der Waals surface area contributed by atoms with E-state index in [2.05, 4.69) is 22.0 Å². The molecule has 0 bridgehead atoms. The van der Waals surface area contributed by atoms with Crippen molar-refractivity contribution in [2.75, 3.05) is 24.4 Å². The Hall–Kier alpha value is -3.29. The molecule has 0 radical (unpaired) electrons. The molecule has 2 aromatic carbocycles. The third kappa shape index (κ3) is 4.90. The van der Waals surface area contributed by atoms with E-state index in [-0.39, 0.29) is 12.1 Å². The summed E-state index contributed by atoms with van der Waals surface area (Å²) in [6.45, 7) is 1.84. The van der Waals surface area contributed by atoms with E-state index in [9.17, 15) is 9.90 Å². The molecule has 1 amide bonds. The van der Waals surface area contributed by atoms with Gasteiger partial charge in [-0.05, 0) is 48.4 Å². The Morgan fingerprint density at radius 2 is 1.94 bits per heavy atom. The van der Waals surface area contributed by atoms with Gasteiger partial charge in [0, 0.05) is 35.9 Å². The predicted molar refractivity (Wildman–Crippen MR) is 120 cm³/mol. The maximum Gasteiger partial charge on any atom is 0.221 e. The smallest absolute Gasteiger partial charge is 0.221 e. The highest BCUT2D eigenvalue weighted by molar-refractivity contribution is 5.88. The third-order valence-electron chi connectivity index (χ3n) is 5.42. The van der Waals surface area contributed by atoms with Crippen LogP contribution >= 0.6 is 0 Å². The number of aliphatic hydroxyl groups excluding tert-OH is 1. The van der Waals surface area contributed by atoms with E-state index in [1.807, 2.05) is 36.4 Å². The normalized spacial score (nSPS) is 20.3. The summed E-state index contributed by atoms with van der Waals surface area (Å²) in [4.78, 5) is 11.2. The largest absolute Gasteiger partial charge is 0.501 e. The van der Waals surface area contributed by atoms with Gasteiger partial charge in [-0.15, -0.1) is 0 Å². The van der Waals surface area contributed by atoms with Crippen molar-refractivity contribution in [3.05, 3.63) is 77.1 Å². The number of hydrogen-bond acceptors (Lipinski definition) is 6. The lowest BCUT2D eigenvalue weighted by molar-refractivity contribution is -0.114. The molecular weight excluding hydrogens is 394 g/mol. The number of fused-ring (bicyclic) bond motifs is 1. The molecular formula is C24H27N3O4. The van der Waals surface area contributed by atoms with Crippen molar-refractivity contribution in [3.63, 3.8) is 0 Å². The molecule has 0 aromatic heterocycles. The zero-order valence-corrected chi connectivity index (χ0v) is 17.6. The summed E-state index contributed by atoms with van der Waals surface area (Å²) in [5.74, 6) is 1.49. The predicted octanol–water partition coefficient (Wildman–Crippen LogP) is 3.68. The number of nitrogens with one attached hydrogen (secondary N) is 3. The summed E-state index contributed by atoms with van der Waals surface area (Å²) in [5, 5.41) is 19.9. The van der Waals surface area contributed by atoms with Crippen molar-refractivity contribution in [3.8, 4) is 5.75 Å². The molecule has 1 aliphatic heterocycles. The maximum absolute atomic E-state index is 11.2. The fraction of sp³-hybridized carbons (Fsp3) is 0.292. The summed E-state index contributed by atoms with van der Waals surface area (Å²) in [6.07, 6.45) is 2.77. The standard InChI is InChI=1S/C24H27N3O4/c1-15(28)25-18-8-10-19(11-9-18)31-14-17-13-16(7-12-22(17)30-2)23-26-21-6-4-3-5-20(21)24(29)27-23/h3-6,8-11,13,23-24,26-27,29H,7,12,14H2,1-2H3,(H,25,28). The van der Waals surface area contributed by atoms with E-state index in [0.717, 1.165) is 46.7 Å². The zero-order valence-electron chi connectivity index (χ0n) is 17.6. The summed E-state index contributed by atoms with van der Waals surface area (Å²) in [7, 11) is 1.67. The van der Waals surface area contributed by atoms with Gasteiger partial charge in [0.05, 0.1) is 7.11 Å². The molecule has 2 aromatic rings. The Morgan fingerprint density at radius 1 is 1.16 bits per heavy atom. The van der Waals surface area contributed by atoms with Gasteiger partial charge in [-0.1, -0.05) is 18.2 Å². The van der Waals surface area contributed by atoms with Gasteiger partial charge in [-0.25, -0.2) is 0 Å². The van der Waals surface area contributed by atoms with Crippen LogP contribution in [0.2, 0.25) is 0 Å². The van der Waals surface area contributed by atoms with Crippen LogP contribution in [-0.2, 0) is 9.53 Å². The van der Waals surface area contributed by atoms with E-state index >= 15 is 0 Å². The number of methoxy groups -OCH3 is 1. The number of rotatable bonds is 6. The van der Waals surface area contributed by atoms with Crippen molar-refractivity contribution in [1.29, 1.82) is 0 Å². The third-order valence-corrected chi connectivity index (χ3v) is 5.42. The van der Waals surface area contributed by atoms with Crippen molar-refractivity contribution in [2.45, 2.75) is 32.2 Å². The fourth-order valence-corrected chi connectivity index (χ4v) is 3.89. The number of benzene rings is 2. The summed E-state index contributed by atoms with van der Waals surface area (Å²) < 4.78 is 11.6. The van der Waals surface area contributed by atoms with Crippen molar-refractivity contribution in [2.24, 2.45) is 0 Å². The molecule has 162 valence electrons. The Kier molecular flexibility index (Phi) is 6.25. The van der Waals surface area contributed by atoms with Crippen LogP contribution in [0.5, 0.6) is 5.75 Å². The number of carbonyl (C=O) groups is 1. The molecule has 31 heavy (non-hydrogen) atoms. The molecule has 4 N–H and O–H groups in total. The monoisotopic (exact) mass is 421 g/mol. The molecule has 2 aliphatic rings. The minimum absolute atomic E-state index is 0.110. The van der Waals surface area contributed by atoms with Gasteiger partial charge in [-0.2, -0.15) is 0 Å². The molecule has 0 spiro atoms. The van der Waals surface area contributed by atoms with Gasteiger partial charge in [0.15, 0.2) is 0 Å². The Balaban J connectivity index is 1.47. The summed E-state index contributed by atoms with van der Waals surface area (Å²) >= 11 is 0. The number of aliphatic hydroxyl groups is 1. The average Bonchev–Trinajstić information content (AvgIpc) is 2.78. The number of para-hydroxylation sites is 1. The number of anilines is 2. The molecule has 2 unspecified atom stereocenters. The van der Waals surface area contributed by atoms with E-state index in [4.69, 9.17) is 9.47 Å². The molecule has 7 nitrogen and oxygen atoms in total. The number of hydrogen-bond donors (Lipinski definition) is 4. The van der Waals surface area contributed by atoms with E-state index in [0.29, 0.717) is 12.4 Å². The fourth-order valence-electron chi connectivity index (χ4n) is 3.89. The zero-order chi connectivity index (χ0) is 21.8. The van der Waals surface area contributed by atoms with Crippen molar-refractivity contribution in [1.82, 2.24) is 5.32 Å². The highest BCUT2D eigenvalue weighted by Gasteiger charge is 2.28. The van der Waals surface area contributed by atoms with Gasteiger partial charge >= 0.3 is 0 Å². The lowest BCUT2D eigenvalue weighted by Gasteiger charge is -2.35. The van der Waals surface area contributed by atoms with Crippen LogP contribution in [0.15, 0.2) is 71.5 Å². The topological polar surface area (TPSA) is 91.9 Å². The molecule has 0 fully saturated rings. The van der Waals surface area contributed by atoms with Crippen LogP contribution < -0.4 is 20.7 Å². The lowest BCUT2D eigenvalue weighted by Crippen LogP contribution is -2.44. The first kappa shape index (κ1) is 21.0. The summed E-state index contributed by atoms with van der Waals surface area (Å²) in [5.41, 5.74) is 4.60. The number of allylic oxidation sites excluding steroid dienone is 1. The first-order valence-corrected chi connectivity index (χ1v) is 10.3. The first-order valence-electron chi connectivity index (χ1n) is 10.3. The van der Waals surface area contributed by atoms with Gasteiger partial charge in [0.1, 0.15) is 30.5 Å². The van der Waals surface area contributed by atoms with E-state index in [1.54, 1.807) is 19.2 Å². The molecule has 7 heteroatoms. The van der Waals surface area contributed by atoms with E-state index in [1.165, 1.54) is 6.92 Å². The molecule has 2 atom stereocenters. The lowest BCUT2D eigenvalue weighted by atomic mass is 9.94. The highest BCUT2D eigenvalue weighted by atomic mass is 16.5. The van der Waals surface area contributed by atoms with Crippen LogP contribution in [0.1, 0.15) is 31.6 Å². The highest BCUT2D eigenvalue weighted by Crippen LogP contribution is 2.32. The number of amides is 1. The molecule has 1 aliphatic carbocycles. The molecule has 1 heterocycles.